The largest absolute Gasteiger partial charge is 0.464 e. The lowest BCUT2D eigenvalue weighted by Gasteiger charge is -2.06. The topological polar surface area (TPSA) is 61.3 Å². The number of carbonyl (C=O) groups is 1. The lowest BCUT2D eigenvalue weighted by Crippen LogP contribution is -2.04. The van der Waals surface area contributed by atoms with Crippen LogP contribution in [-0.4, -0.2) is 23.0 Å². The molecule has 7 heteroatoms. The average molecular weight is 299 g/mol. The van der Waals surface area contributed by atoms with Gasteiger partial charge < -0.3 is 9.47 Å². The normalized spacial score (nSPS) is 10.1. The van der Waals surface area contributed by atoms with Crippen molar-refractivity contribution in [2.45, 2.75) is 0 Å². The Hall–Kier alpha value is -1.85. The number of halogens is 2. The number of hydrogen-bond acceptors (Lipinski definition) is 5. The molecule has 5 nitrogen and oxygen atoms in total. The monoisotopic (exact) mass is 298 g/mol. The zero-order valence-electron chi connectivity index (χ0n) is 9.76. The van der Waals surface area contributed by atoms with Crippen LogP contribution in [0.3, 0.4) is 0 Å². The molecule has 0 amide bonds. The summed E-state index contributed by atoms with van der Waals surface area (Å²) in [6.45, 7) is 0. The number of rotatable bonds is 3. The fourth-order valence-electron chi connectivity index (χ4n) is 1.25. The summed E-state index contributed by atoms with van der Waals surface area (Å²) in [6, 6.07) is 4.80. The Morgan fingerprint density at radius 3 is 2.58 bits per heavy atom. The third-order valence-electron chi connectivity index (χ3n) is 2.13. The molecular weight excluding hydrogens is 291 g/mol. The van der Waals surface area contributed by atoms with E-state index >= 15 is 0 Å². The molecule has 98 valence electrons. The first-order chi connectivity index (χ1) is 9.10. The van der Waals surface area contributed by atoms with E-state index in [1.54, 1.807) is 18.2 Å². The maximum Gasteiger partial charge on any atom is 0.358 e. The highest BCUT2D eigenvalue weighted by atomic mass is 35.5. The van der Waals surface area contributed by atoms with Gasteiger partial charge >= 0.3 is 5.97 Å². The van der Waals surface area contributed by atoms with Crippen molar-refractivity contribution in [1.29, 1.82) is 0 Å². The number of hydrogen-bond donors (Lipinski definition) is 0. The number of nitrogens with zero attached hydrogens (tertiary/aromatic N) is 2. The summed E-state index contributed by atoms with van der Waals surface area (Å²) >= 11 is 11.7. The molecule has 0 N–H and O–H groups in total. The molecule has 0 unspecified atom stereocenters. The van der Waals surface area contributed by atoms with E-state index in [-0.39, 0.29) is 11.6 Å². The first kappa shape index (κ1) is 13.6. The van der Waals surface area contributed by atoms with Crippen molar-refractivity contribution in [3.05, 3.63) is 46.3 Å². The van der Waals surface area contributed by atoms with Gasteiger partial charge in [0.05, 0.1) is 24.5 Å². The van der Waals surface area contributed by atoms with Gasteiger partial charge in [-0.2, -0.15) is 0 Å². The van der Waals surface area contributed by atoms with Crippen molar-refractivity contribution in [2.24, 2.45) is 0 Å². The van der Waals surface area contributed by atoms with Gasteiger partial charge in [-0.15, -0.1) is 0 Å². The second-order valence-corrected chi connectivity index (χ2v) is 4.25. The Kier molecular flexibility index (Phi) is 4.19. The molecule has 0 aliphatic carbocycles. The van der Waals surface area contributed by atoms with Crippen LogP contribution in [-0.2, 0) is 4.74 Å². The Morgan fingerprint density at radius 1 is 1.21 bits per heavy atom. The minimum atomic E-state index is -0.566. The highest BCUT2D eigenvalue weighted by molar-refractivity contribution is 6.35. The van der Waals surface area contributed by atoms with Crippen LogP contribution < -0.4 is 4.74 Å². The molecule has 0 saturated heterocycles. The van der Waals surface area contributed by atoms with E-state index in [2.05, 4.69) is 14.7 Å². The minimum absolute atomic E-state index is 0.0945. The Bertz CT molecular complexity index is 602. The van der Waals surface area contributed by atoms with Crippen LogP contribution in [0.4, 0.5) is 0 Å². The lowest BCUT2D eigenvalue weighted by atomic mass is 10.3. The average Bonchev–Trinajstić information content (AvgIpc) is 2.42. The Balaban J connectivity index is 2.17. The molecule has 0 aliphatic heterocycles. The summed E-state index contributed by atoms with van der Waals surface area (Å²) in [5.74, 6) is 0.0339. The van der Waals surface area contributed by atoms with Gasteiger partial charge in [0.1, 0.15) is 5.75 Å². The highest BCUT2D eigenvalue weighted by Crippen LogP contribution is 2.30. The van der Waals surface area contributed by atoms with Gasteiger partial charge in [0.25, 0.3) is 0 Å². The predicted octanol–water partition coefficient (Wildman–Crippen LogP) is 3.36. The maximum atomic E-state index is 11.2. The molecule has 1 heterocycles. The van der Waals surface area contributed by atoms with E-state index < -0.39 is 5.97 Å². The van der Waals surface area contributed by atoms with E-state index in [4.69, 9.17) is 27.9 Å². The molecular formula is C12H8Cl2N2O3. The Labute approximate surface area is 119 Å². The number of esters is 1. The summed E-state index contributed by atoms with van der Waals surface area (Å²) in [5, 5.41) is 0.857. The van der Waals surface area contributed by atoms with Crippen LogP contribution >= 0.6 is 23.2 Å². The standard InChI is InChI=1S/C12H8Cl2N2O3/c1-18-12(17)9-5-16-11(6-15-9)19-10-3-2-7(13)4-8(10)14/h2-6H,1H3. The zero-order chi connectivity index (χ0) is 13.8. The lowest BCUT2D eigenvalue weighted by molar-refractivity contribution is 0.0593. The molecule has 1 aromatic heterocycles. The molecule has 1 aromatic carbocycles. The van der Waals surface area contributed by atoms with Crippen molar-refractivity contribution in [3.63, 3.8) is 0 Å². The number of methoxy groups -OCH3 is 1. The summed E-state index contributed by atoms with van der Waals surface area (Å²) < 4.78 is 9.92. The Morgan fingerprint density at radius 2 is 2.00 bits per heavy atom. The van der Waals surface area contributed by atoms with Crippen LogP contribution in [0.5, 0.6) is 11.6 Å². The van der Waals surface area contributed by atoms with Crippen LogP contribution in [0.15, 0.2) is 30.6 Å². The van der Waals surface area contributed by atoms with E-state index in [1.165, 1.54) is 19.5 Å². The second-order valence-electron chi connectivity index (χ2n) is 3.41. The van der Waals surface area contributed by atoms with Crippen molar-refractivity contribution < 1.29 is 14.3 Å². The summed E-state index contributed by atoms with van der Waals surface area (Å²) in [7, 11) is 1.27. The van der Waals surface area contributed by atoms with Gasteiger partial charge in [-0.3, -0.25) is 0 Å². The summed E-state index contributed by atoms with van der Waals surface area (Å²) in [6.07, 6.45) is 2.56. The minimum Gasteiger partial charge on any atom is -0.464 e. The smallest absolute Gasteiger partial charge is 0.358 e. The number of aromatic nitrogens is 2. The van der Waals surface area contributed by atoms with Gasteiger partial charge in [-0.05, 0) is 18.2 Å². The van der Waals surface area contributed by atoms with Crippen LogP contribution in [0.2, 0.25) is 10.0 Å². The van der Waals surface area contributed by atoms with E-state index in [9.17, 15) is 4.79 Å². The van der Waals surface area contributed by atoms with Crippen molar-refractivity contribution in [3.8, 4) is 11.6 Å². The van der Waals surface area contributed by atoms with E-state index in [0.717, 1.165) is 0 Å². The molecule has 0 atom stereocenters. The predicted molar refractivity (Wildman–Crippen MR) is 69.9 cm³/mol. The molecule has 2 aromatic rings. The van der Waals surface area contributed by atoms with Gasteiger partial charge in [0, 0.05) is 5.02 Å². The molecule has 19 heavy (non-hydrogen) atoms. The quantitative estimate of drug-likeness (QED) is 0.813. The summed E-state index contributed by atoms with van der Waals surface area (Å²) in [4.78, 5) is 19.0. The maximum absolute atomic E-state index is 11.2. The molecule has 0 fully saturated rings. The molecule has 0 aliphatic rings. The first-order valence-corrected chi connectivity index (χ1v) is 5.89. The van der Waals surface area contributed by atoms with Crippen LogP contribution in [0, 0.1) is 0 Å². The molecule has 0 bridgehead atoms. The zero-order valence-corrected chi connectivity index (χ0v) is 11.3. The van der Waals surface area contributed by atoms with Gasteiger partial charge in [0.2, 0.25) is 5.88 Å². The van der Waals surface area contributed by atoms with Crippen molar-refractivity contribution >= 4 is 29.2 Å². The van der Waals surface area contributed by atoms with Crippen molar-refractivity contribution in [1.82, 2.24) is 9.97 Å². The fourth-order valence-corrected chi connectivity index (χ4v) is 1.70. The molecule has 2 rings (SSSR count). The van der Waals surface area contributed by atoms with Gasteiger partial charge in [-0.1, -0.05) is 23.2 Å². The van der Waals surface area contributed by atoms with E-state index in [1.807, 2.05) is 0 Å². The highest BCUT2D eigenvalue weighted by Gasteiger charge is 2.09. The first-order valence-electron chi connectivity index (χ1n) is 5.13. The van der Waals surface area contributed by atoms with Crippen LogP contribution in [0.1, 0.15) is 10.5 Å². The SMILES string of the molecule is COC(=O)c1cnc(Oc2ccc(Cl)cc2Cl)cn1. The van der Waals surface area contributed by atoms with Crippen molar-refractivity contribution in [2.75, 3.05) is 7.11 Å². The fraction of sp³-hybridized carbons (Fsp3) is 0.0833. The molecule has 0 spiro atoms. The number of carbonyl (C=O) groups excluding carboxylic acids is 1. The number of benzene rings is 1. The third-order valence-corrected chi connectivity index (χ3v) is 2.66. The van der Waals surface area contributed by atoms with Gasteiger partial charge in [0.15, 0.2) is 5.69 Å². The van der Waals surface area contributed by atoms with E-state index in [0.29, 0.717) is 15.8 Å². The van der Waals surface area contributed by atoms with Gasteiger partial charge in [-0.25, -0.2) is 14.8 Å². The molecule has 0 radical (unpaired) electrons. The third kappa shape index (κ3) is 3.33. The summed E-state index contributed by atoms with van der Waals surface area (Å²) in [5.41, 5.74) is 0.0945. The molecule has 0 saturated carbocycles. The second kappa shape index (κ2) is 5.86. The van der Waals surface area contributed by atoms with Crippen LogP contribution in [0.25, 0.3) is 0 Å². The number of ether oxygens (including phenoxy) is 2.